The van der Waals surface area contributed by atoms with Gasteiger partial charge in [-0.1, -0.05) is 12.1 Å². The van der Waals surface area contributed by atoms with Gasteiger partial charge in [-0.2, -0.15) is 0 Å². The monoisotopic (exact) mass is 467 g/mol. The molecular formula is C23H35BFNO7. The van der Waals surface area contributed by atoms with Crippen LogP contribution in [0.1, 0.15) is 72.9 Å². The van der Waals surface area contributed by atoms with Crippen molar-refractivity contribution in [3.05, 3.63) is 29.1 Å². The molecule has 0 spiro atoms. The molecule has 1 amide bonds. The van der Waals surface area contributed by atoms with Gasteiger partial charge < -0.3 is 23.9 Å². The summed E-state index contributed by atoms with van der Waals surface area (Å²) in [6.45, 7) is 15.6. The van der Waals surface area contributed by atoms with Crippen molar-refractivity contribution in [2.75, 3.05) is 6.61 Å². The number of amides is 1. The van der Waals surface area contributed by atoms with Crippen LogP contribution < -0.4 is 10.8 Å². The van der Waals surface area contributed by atoms with Crippen LogP contribution in [0, 0.1) is 12.7 Å². The summed E-state index contributed by atoms with van der Waals surface area (Å²) in [5.41, 5.74) is -4.34. The van der Waals surface area contributed by atoms with E-state index < -0.39 is 53.9 Å². The minimum atomic E-state index is -2.44. The Morgan fingerprint density at radius 2 is 1.70 bits per heavy atom. The number of benzene rings is 1. The molecule has 2 N–H and O–H groups in total. The highest BCUT2D eigenvalue weighted by Gasteiger charge is 2.52. The number of hydrogen-bond donors (Lipinski definition) is 2. The maximum atomic E-state index is 15.3. The van der Waals surface area contributed by atoms with Crippen molar-refractivity contribution in [2.45, 2.75) is 91.3 Å². The lowest BCUT2D eigenvalue weighted by Gasteiger charge is -2.32. The van der Waals surface area contributed by atoms with Gasteiger partial charge in [-0.3, -0.25) is 10.1 Å². The number of carbonyl (C=O) groups is 2. The predicted octanol–water partition coefficient (Wildman–Crippen LogP) is 3.06. The molecule has 33 heavy (non-hydrogen) atoms. The summed E-state index contributed by atoms with van der Waals surface area (Å²) < 4.78 is 37.6. The molecule has 8 nitrogen and oxygen atoms in total. The molecule has 1 aromatic carbocycles. The number of hydrogen-bond acceptors (Lipinski definition) is 7. The first-order valence-electron chi connectivity index (χ1n) is 11.0. The smallest absolute Gasteiger partial charge is 0.466 e. The molecule has 1 saturated heterocycles. The Morgan fingerprint density at radius 3 is 2.18 bits per heavy atom. The first kappa shape index (κ1) is 27.1. The van der Waals surface area contributed by atoms with E-state index in [9.17, 15) is 14.7 Å². The van der Waals surface area contributed by atoms with Crippen LogP contribution >= 0.6 is 0 Å². The van der Waals surface area contributed by atoms with E-state index in [1.807, 2.05) is 27.7 Å². The van der Waals surface area contributed by atoms with Gasteiger partial charge in [-0.05, 0) is 73.3 Å². The van der Waals surface area contributed by atoms with E-state index in [2.05, 4.69) is 5.32 Å². The molecular weight excluding hydrogens is 432 g/mol. The lowest BCUT2D eigenvalue weighted by atomic mass is 9.76. The molecule has 1 aliphatic rings. The van der Waals surface area contributed by atoms with E-state index >= 15 is 4.39 Å². The number of alkyl carbamates (subject to hydrolysis) is 1. The average Bonchev–Trinajstić information content (AvgIpc) is 2.82. The minimum absolute atomic E-state index is 0.0524. The molecule has 1 atom stereocenters. The summed E-state index contributed by atoms with van der Waals surface area (Å²) in [6.07, 6.45) is -1.75. The van der Waals surface area contributed by atoms with Crippen LogP contribution in [0.5, 0.6) is 0 Å². The maximum Gasteiger partial charge on any atom is 0.494 e. The lowest BCUT2D eigenvalue weighted by molar-refractivity contribution is -0.150. The fraction of sp³-hybridized carbons (Fsp3) is 0.652. The maximum absolute atomic E-state index is 15.3. The van der Waals surface area contributed by atoms with Crippen molar-refractivity contribution in [3.8, 4) is 0 Å². The van der Waals surface area contributed by atoms with E-state index in [4.69, 9.17) is 18.8 Å². The van der Waals surface area contributed by atoms with Crippen molar-refractivity contribution >= 4 is 24.6 Å². The molecule has 1 aliphatic heterocycles. The lowest BCUT2D eigenvalue weighted by Crippen LogP contribution is -2.50. The highest BCUT2D eigenvalue weighted by Crippen LogP contribution is 2.37. The Morgan fingerprint density at radius 1 is 1.15 bits per heavy atom. The van der Waals surface area contributed by atoms with Crippen LogP contribution in [-0.2, 0) is 29.3 Å². The van der Waals surface area contributed by atoms with E-state index in [-0.39, 0.29) is 17.7 Å². The van der Waals surface area contributed by atoms with E-state index in [1.165, 1.54) is 13.0 Å². The normalized spacial score (nSPS) is 19.1. The Balaban J connectivity index is 2.53. The molecule has 1 heterocycles. The van der Waals surface area contributed by atoms with Crippen molar-refractivity contribution in [1.29, 1.82) is 0 Å². The van der Waals surface area contributed by atoms with Crippen LogP contribution in [0.4, 0.5) is 9.18 Å². The number of rotatable bonds is 6. The van der Waals surface area contributed by atoms with Crippen molar-refractivity contribution in [1.82, 2.24) is 5.32 Å². The van der Waals surface area contributed by atoms with E-state index in [1.54, 1.807) is 33.8 Å². The van der Waals surface area contributed by atoms with Gasteiger partial charge in [0.05, 0.1) is 24.2 Å². The van der Waals surface area contributed by atoms with Gasteiger partial charge in [-0.25, -0.2) is 9.18 Å². The Hall–Kier alpha value is -2.17. The van der Waals surface area contributed by atoms with Gasteiger partial charge in [0.1, 0.15) is 11.4 Å². The molecule has 0 unspecified atom stereocenters. The third-order valence-electron chi connectivity index (χ3n) is 5.66. The number of nitrogens with one attached hydrogen (secondary N) is 1. The number of halogens is 1. The summed E-state index contributed by atoms with van der Waals surface area (Å²) in [5.74, 6) is -1.62. The highest BCUT2D eigenvalue weighted by molar-refractivity contribution is 6.62. The predicted molar refractivity (Wildman–Crippen MR) is 121 cm³/mol. The zero-order chi connectivity index (χ0) is 25.4. The Labute approximate surface area is 195 Å². The first-order valence-corrected chi connectivity index (χ1v) is 11.0. The molecule has 1 fully saturated rings. The number of aryl methyl sites for hydroxylation is 1. The molecule has 10 heteroatoms. The molecule has 0 radical (unpaired) electrons. The Kier molecular flexibility index (Phi) is 7.58. The van der Waals surface area contributed by atoms with Crippen LogP contribution in [0.25, 0.3) is 0 Å². The quantitative estimate of drug-likeness (QED) is 0.377. The standard InChI is InChI=1S/C23H35BFNO7/c1-10-30-17(27)13-23(29,26-19(28)31-20(3,4)5)16-12-15(11-14(2)18(16)25)24-32-21(6,7)22(8,9)33-24/h11-12,29H,10,13H2,1-9H3,(H,26,28)/t23-/m1/s1. The first-order chi connectivity index (χ1) is 14.9. The molecule has 0 aromatic heterocycles. The Bertz CT molecular complexity index is 897. The molecule has 0 saturated carbocycles. The third-order valence-corrected chi connectivity index (χ3v) is 5.66. The number of esters is 1. The van der Waals surface area contributed by atoms with Gasteiger partial charge in [-0.15, -0.1) is 0 Å². The second-order valence-electron chi connectivity index (χ2n) is 10.3. The largest absolute Gasteiger partial charge is 0.494 e. The summed E-state index contributed by atoms with van der Waals surface area (Å²) >= 11 is 0. The summed E-state index contributed by atoms with van der Waals surface area (Å²) in [6, 6.07) is 2.86. The molecule has 184 valence electrons. The van der Waals surface area contributed by atoms with Gasteiger partial charge in [0.2, 0.25) is 0 Å². The third kappa shape index (κ3) is 6.25. The molecule has 1 aromatic rings. The summed E-state index contributed by atoms with van der Waals surface area (Å²) in [5, 5.41) is 13.6. The van der Waals surface area contributed by atoms with Crippen LogP contribution in [0.2, 0.25) is 0 Å². The molecule has 2 rings (SSSR count). The number of aliphatic hydroxyl groups is 1. The zero-order valence-electron chi connectivity index (χ0n) is 20.9. The molecule has 0 aliphatic carbocycles. The van der Waals surface area contributed by atoms with Crippen LogP contribution in [0.3, 0.4) is 0 Å². The SMILES string of the molecule is CCOC(=O)C[C@](O)(NC(=O)OC(C)(C)C)c1cc(B2OC(C)(C)C(C)(C)O2)cc(C)c1F. The number of ether oxygens (including phenoxy) is 2. The van der Waals surface area contributed by atoms with Crippen molar-refractivity contribution in [2.24, 2.45) is 0 Å². The minimum Gasteiger partial charge on any atom is -0.466 e. The topological polar surface area (TPSA) is 103 Å². The fourth-order valence-electron chi connectivity index (χ4n) is 3.31. The zero-order valence-corrected chi connectivity index (χ0v) is 20.9. The average molecular weight is 467 g/mol. The molecule has 0 bridgehead atoms. The van der Waals surface area contributed by atoms with Crippen molar-refractivity contribution < 1.29 is 37.9 Å². The van der Waals surface area contributed by atoms with E-state index in [0.29, 0.717) is 5.46 Å². The highest BCUT2D eigenvalue weighted by atomic mass is 19.1. The summed E-state index contributed by atoms with van der Waals surface area (Å²) in [7, 11) is -0.846. The van der Waals surface area contributed by atoms with Gasteiger partial charge >= 0.3 is 19.2 Å². The fourth-order valence-corrected chi connectivity index (χ4v) is 3.31. The number of carbonyl (C=O) groups excluding carboxylic acids is 2. The van der Waals surface area contributed by atoms with Crippen molar-refractivity contribution in [3.63, 3.8) is 0 Å². The second kappa shape index (κ2) is 9.23. The van der Waals surface area contributed by atoms with Gasteiger partial charge in [0, 0.05) is 5.56 Å². The van der Waals surface area contributed by atoms with Crippen LogP contribution in [-0.4, -0.2) is 47.7 Å². The second-order valence-corrected chi connectivity index (χ2v) is 10.3. The summed E-state index contributed by atoms with van der Waals surface area (Å²) in [4.78, 5) is 24.7. The van der Waals surface area contributed by atoms with E-state index in [0.717, 1.165) is 0 Å². The van der Waals surface area contributed by atoms with Crippen LogP contribution in [0.15, 0.2) is 12.1 Å². The van der Waals surface area contributed by atoms with Gasteiger partial charge in [0.25, 0.3) is 0 Å². The van der Waals surface area contributed by atoms with Gasteiger partial charge in [0.15, 0.2) is 5.72 Å².